The van der Waals surface area contributed by atoms with E-state index in [-0.39, 0.29) is 5.91 Å². The average Bonchev–Trinajstić information content (AvgIpc) is 3.02. The minimum Gasteiger partial charge on any atom is -0.494 e. The van der Waals surface area contributed by atoms with Gasteiger partial charge in [-0.3, -0.25) is 10.1 Å². The molecule has 0 bridgehead atoms. The lowest BCUT2D eigenvalue weighted by atomic mass is 10.2. The van der Waals surface area contributed by atoms with E-state index in [1.807, 2.05) is 31.2 Å². The third-order valence-corrected chi connectivity index (χ3v) is 5.18. The zero-order chi connectivity index (χ0) is 17.8. The number of hydrogen-bond acceptors (Lipinski definition) is 4. The van der Waals surface area contributed by atoms with E-state index in [1.54, 1.807) is 12.1 Å². The van der Waals surface area contributed by atoms with Gasteiger partial charge in [0.25, 0.3) is 5.91 Å². The fourth-order valence-corrected chi connectivity index (χ4v) is 3.46. The fourth-order valence-electron chi connectivity index (χ4n) is 2.38. The highest BCUT2D eigenvalue weighted by Gasteiger charge is 2.13. The summed E-state index contributed by atoms with van der Waals surface area (Å²) in [5.74, 6) is 0.497. The van der Waals surface area contributed by atoms with Crippen LogP contribution in [0.5, 0.6) is 5.75 Å². The summed E-state index contributed by atoms with van der Waals surface area (Å²) in [6.45, 7) is 4.69. The van der Waals surface area contributed by atoms with Gasteiger partial charge in [0, 0.05) is 10.6 Å². The van der Waals surface area contributed by atoms with Crippen LogP contribution in [0.2, 0.25) is 5.02 Å². The topological polar surface area (TPSA) is 51.2 Å². The van der Waals surface area contributed by atoms with E-state index in [1.165, 1.54) is 11.3 Å². The van der Waals surface area contributed by atoms with Crippen molar-refractivity contribution in [1.29, 1.82) is 0 Å². The van der Waals surface area contributed by atoms with E-state index in [2.05, 4.69) is 17.2 Å². The molecule has 1 N–H and O–H groups in total. The Morgan fingerprint density at radius 2 is 2.16 bits per heavy atom. The van der Waals surface area contributed by atoms with Gasteiger partial charge in [-0.2, -0.15) is 0 Å². The quantitative estimate of drug-likeness (QED) is 0.564. The maximum Gasteiger partial charge on any atom is 0.257 e. The summed E-state index contributed by atoms with van der Waals surface area (Å²) in [7, 11) is 0. The van der Waals surface area contributed by atoms with Crippen LogP contribution in [0.25, 0.3) is 10.2 Å². The first-order valence-electron chi connectivity index (χ1n) is 8.18. The molecule has 2 aromatic carbocycles. The van der Waals surface area contributed by atoms with Crippen LogP contribution in [0.4, 0.5) is 5.13 Å². The van der Waals surface area contributed by atoms with Crippen LogP contribution in [0.3, 0.4) is 0 Å². The van der Waals surface area contributed by atoms with Crippen LogP contribution in [-0.4, -0.2) is 17.5 Å². The van der Waals surface area contributed by atoms with Crippen molar-refractivity contribution in [2.75, 3.05) is 11.9 Å². The monoisotopic (exact) mass is 374 g/mol. The van der Waals surface area contributed by atoms with E-state index in [0.29, 0.717) is 28.1 Å². The second-order valence-electron chi connectivity index (χ2n) is 5.72. The van der Waals surface area contributed by atoms with Gasteiger partial charge in [-0.25, -0.2) is 4.98 Å². The van der Waals surface area contributed by atoms with E-state index in [4.69, 9.17) is 16.3 Å². The van der Waals surface area contributed by atoms with Crippen LogP contribution in [-0.2, 0) is 0 Å². The summed E-state index contributed by atoms with van der Waals surface area (Å²) in [5, 5.41) is 4.09. The van der Waals surface area contributed by atoms with Gasteiger partial charge in [0.2, 0.25) is 0 Å². The SMILES string of the molecule is CCCCOc1cccc(C(=O)Nc2nc3c(C)c(Cl)ccc3s2)c1. The van der Waals surface area contributed by atoms with Gasteiger partial charge in [-0.05, 0) is 49.2 Å². The number of carbonyl (C=O) groups excluding carboxylic acids is 1. The third kappa shape index (κ3) is 4.11. The summed E-state index contributed by atoms with van der Waals surface area (Å²) in [4.78, 5) is 17.0. The number of anilines is 1. The highest BCUT2D eigenvalue weighted by Crippen LogP contribution is 2.31. The van der Waals surface area contributed by atoms with Gasteiger partial charge >= 0.3 is 0 Å². The Morgan fingerprint density at radius 1 is 1.32 bits per heavy atom. The Balaban J connectivity index is 1.76. The molecular weight excluding hydrogens is 356 g/mol. The van der Waals surface area contributed by atoms with Crippen LogP contribution in [0.1, 0.15) is 35.7 Å². The van der Waals surface area contributed by atoms with Crippen molar-refractivity contribution >= 4 is 44.2 Å². The summed E-state index contributed by atoms with van der Waals surface area (Å²) >= 11 is 7.56. The number of aromatic nitrogens is 1. The van der Waals surface area contributed by atoms with Crippen LogP contribution in [0, 0.1) is 6.92 Å². The largest absolute Gasteiger partial charge is 0.494 e. The van der Waals surface area contributed by atoms with Gasteiger partial charge < -0.3 is 4.74 Å². The lowest BCUT2D eigenvalue weighted by Gasteiger charge is -2.07. The van der Waals surface area contributed by atoms with Crippen molar-refractivity contribution in [1.82, 2.24) is 4.98 Å². The first kappa shape index (κ1) is 17.7. The predicted octanol–water partition coefficient (Wildman–Crippen LogP) is 5.69. The number of benzene rings is 2. The van der Waals surface area contributed by atoms with Gasteiger partial charge in [-0.15, -0.1) is 0 Å². The number of halogens is 1. The number of fused-ring (bicyclic) bond motifs is 1. The van der Waals surface area contributed by atoms with Gasteiger partial charge in [0.1, 0.15) is 5.75 Å². The molecule has 0 spiro atoms. The summed E-state index contributed by atoms with van der Waals surface area (Å²) in [6, 6.07) is 11.0. The molecule has 0 aliphatic carbocycles. The number of nitrogens with zero attached hydrogens (tertiary/aromatic N) is 1. The van der Waals surface area contributed by atoms with Crippen molar-refractivity contribution in [2.45, 2.75) is 26.7 Å². The lowest BCUT2D eigenvalue weighted by molar-refractivity contribution is 0.102. The molecule has 1 amide bonds. The number of thiazole rings is 1. The molecule has 6 heteroatoms. The Hall–Kier alpha value is -2.11. The maximum absolute atomic E-state index is 12.5. The summed E-state index contributed by atoms with van der Waals surface area (Å²) in [5.41, 5.74) is 2.29. The maximum atomic E-state index is 12.5. The van der Waals surface area contributed by atoms with Crippen LogP contribution >= 0.6 is 22.9 Å². The molecule has 25 heavy (non-hydrogen) atoms. The van der Waals surface area contributed by atoms with Crippen molar-refractivity contribution in [3.05, 3.63) is 52.5 Å². The molecule has 0 aliphatic heterocycles. The number of unbranched alkanes of at least 4 members (excludes halogenated alkanes) is 1. The molecule has 0 saturated heterocycles. The van der Waals surface area contributed by atoms with E-state index < -0.39 is 0 Å². The van der Waals surface area contributed by atoms with Crippen LogP contribution in [0.15, 0.2) is 36.4 Å². The smallest absolute Gasteiger partial charge is 0.257 e. The fraction of sp³-hybridized carbons (Fsp3) is 0.263. The first-order valence-corrected chi connectivity index (χ1v) is 9.37. The number of rotatable bonds is 6. The Labute approximate surface area is 155 Å². The minimum atomic E-state index is -0.205. The standard InChI is InChI=1S/C19H19ClN2O2S/c1-3-4-10-24-14-7-5-6-13(11-14)18(23)22-19-21-17-12(2)15(20)8-9-16(17)25-19/h5-9,11H,3-4,10H2,1-2H3,(H,21,22,23). The van der Waals surface area contributed by atoms with Gasteiger partial charge in [0.15, 0.2) is 5.13 Å². The highest BCUT2D eigenvalue weighted by atomic mass is 35.5. The molecule has 0 aliphatic rings. The normalized spacial score (nSPS) is 10.8. The molecule has 0 fully saturated rings. The number of nitrogens with one attached hydrogen (secondary N) is 1. The molecule has 1 heterocycles. The number of carbonyl (C=O) groups is 1. The third-order valence-electron chi connectivity index (χ3n) is 3.83. The highest BCUT2D eigenvalue weighted by molar-refractivity contribution is 7.22. The molecular formula is C19H19ClN2O2S. The number of aryl methyl sites for hydroxylation is 1. The molecule has 0 radical (unpaired) electrons. The van der Waals surface area contributed by atoms with Gasteiger partial charge in [-0.1, -0.05) is 42.3 Å². The van der Waals surface area contributed by atoms with Crippen LogP contribution < -0.4 is 10.1 Å². The number of amides is 1. The van der Waals surface area contributed by atoms with E-state index in [9.17, 15) is 4.79 Å². The molecule has 1 aromatic heterocycles. The zero-order valence-corrected chi connectivity index (χ0v) is 15.7. The molecule has 130 valence electrons. The minimum absolute atomic E-state index is 0.205. The van der Waals surface area contributed by atoms with Gasteiger partial charge in [0.05, 0.1) is 16.8 Å². The molecule has 4 nitrogen and oxygen atoms in total. The summed E-state index contributed by atoms with van der Waals surface area (Å²) in [6.07, 6.45) is 2.06. The van der Waals surface area contributed by atoms with E-state index >= 15 is 0 Å². The average molecular weight is 375 g/mol. The molecule has 0 atom stereocenters. The Kier molecular flexibility index (Phi) is 5.56. The molecule has 3 rings (SSSR count). The molecule has 3 aromatic rings. The van der Waals surface area contributed by atoms with Crippen molar-refractivity contribution in [3.63, 3.8) is 0 Å². The second-order valence-corrected chi connectivity index (χ2v) is 7.16. The Morgan fingerprint density at radius 3 is 2.96 bits per heavy atom. The number of hydrogen-bond donors (Lipinski definition) is 1. The second kappa shape index (κ2) is 7.85. The van der Waals surface area contributed by atoms with E-state index in [0.717, 1.165) is 28.6 Å². The Bertz CT molecular complexity index is 908. The molecule has 0 saturated carbocycles. The number of ether oxygens (including phenoxy) is 1. The molecule has 0 unspecified atom stereocenters. The first-order chi connectivity index (χ1) is 12.1. The van der Waals surface area contributed by atoms with Crippen molar-refractivity contribution < 1.29 is 9.53 Å². The van der Waals surface area contributed by atoms with Crippen molar-refractivity contribution in [2.24, 2.45) is 0 Å². The summed E-state index contributed by atoms with van der Waals surface area (Å²) < 4.78 is 6.65. The van der Waals surface area contributed by atoms with Crippen molar-refractivity contribution in [3.8, 4) is 5.75 Å². The lowest BCUT2D eigenvalue weighted by Crippen LogP contribution is -2.11. The zero-order valence-electron chi connectivity index (χ0n) is 14.1. The predicted molar refractivity (Wildman–Crippen MR) is 104 cm³/mol.